The largest absolute Gasteiger partial charge is 0.382 e. The number of nitrogens with zero attached hydrogens (tertiary/aromatic N) is 1. The predicted octanol–water partition coefficient (Wildman–Crippen LogP) is 3.91. The molecule has 0 fully saturated rings. The lowest BCUT2D eigenvalue weighted by Crippen LogP contribution is -1.93. The van der Waals surface area contributed by atoms with Crippen molar-refractivity contribution in [3.05, 3.63) is 59.7 Å². The average Bonchev–Trinajstić information content (AvgIpc) is 2.81. The quantitative estimate of drug-likeness (QED) is 0.750. The Balaban J connectivity index is 2.25. The van der Waals surface area contributed by atoms with Crippen LogP contribution in [0, 0.1) is 18.6 Å². The van der Waals surface area contributed by atoms with E-state index in [9.17, 15) is 8.78 Å². The topological polar surface area (TPSA) is 54.7 Å². The van der Waals surface area contributed by atoms with Crippen molar-refractivity contribution in [1.82, 2.24) is 10.2 Å². The first kappa shape index (κ1) is 13.3. The number of aromatic amines is 1. The monoisotopic (exact) mass is 285 g/mol. The van der Waals surface area contributed by atoms with Crippen LogP contribution in [-0.2, 0) is 0 Å². The van der Waals surface area contributed by atoms with Gasteiger partial charge in [-0.15, -0.1) is 0 Å². The molecule has 0 atom stereocenters. The van der Waals surface area contributed by atoms with Gasteiger partial charge in [-0.05, 0) is 30.7 Å². The molecule has 3 rings (SSSR count). The summed E-state index contributed by atoms with van der Waals surface area (Å²) in [4.78, 5) is 0. The Bertz CT molecular complexity index is 809. The lowest BCUT2D eigenvalue weighted by Gasteiger charge is -2.07. The number of aromatic nitrogens is 2. The van der Waals surface area contributed by atoms with E-state index in [2.05, 4.69) is 10.2 Å². The summed E-state index contributed by atoms with van der Waals surface area (Å²) in [6.45, 7) is 1.80. The van der Waals surface area contributed by atoms with E-state index < -0.39 is 11.6 Å². The van der Waals surface area contributed by atoms with Crippen molar-refractivity contribution < 1.29 is 8.78 Å². The molecule has 1 aromatic heterocycles. The van der Waals surface area contributed by atoms with Crippen molar-refractivity contribution in [3.8, 4) is 22.4 Å². The average molecular weight is 285 g/mol. The van der Waals surface area contributed by atoms with Crippen molar-refractivity contribution in [2.24, 2.45) is 0 Å². The number of anilines is 1. The van der Waals surface area contributed by atoms with Gasteiger partial charge in [0.25, 0.3) is 0 Å². The highest BCUT2D eigenvalue weighted by Gasteiger charge is 2.19. The number of hydrogen-bond acceptors (Lipinski definition) is 2. The molecule has 5 heteroatoms. The normalized spacial score (nSPS) is 10.8. The molecule has 0 radical (unpaired) electrons. The zero-order valence-corrected chi connectivity index (χ0v) is 11.3. The molecule has 0 spiro atoms. The van der Waals surface area contributed by atoms with Crippen LogP contribution in [0.3, 0.4) is 0 Å². The number of nitrogen functional groups attached to an aromatic ring is 1. The molecule has 3 aromatic rings. The lowest BCUT2D eigenvalue weighted by atomic mass is 9.99. The first-order valence-electron chi connectivity index (χ1n) is 6.43. The number of rotatable bonds is 2. The van der Waals surface area contributed by atoms with Gasteiger partial charge in [0.15, 0.2) is 5.82 Å². The zero-order valence-electron chi connectivity index (χ0n) is 11.3. The van der Waals surface area contributed by atoms with Crippen LogP contribution in [0.15, 0.2) is 42.5 Å². The van der Waals surface area contributed by atoms with Gasteiger partial charge < -0.3 is 5.73 Å². The Hall–Kier alpha value is -2.69. The Morgan fingerprint density at radius 3 is 2.48 bits per heavy atom. The number of halogens is 2. The summed E-state index contributed by atoms with van der Waals surface area (Å²) in [7, 11) is 0. The van der Waals surface area contributed by atoms with Crippen LogP contribution < -0.4 is 5.73 Å². The number of H-pyrrole nitrogens is 1. The molecule has 0 aliphatic rings. The zero-order chi connectivity index (χ0) is 15.0. The van der Waals surface area contributed by atoms with Gasteiger partial charge in [-0.25, -0.2) is 8.78 Å². The van der Waals surface area contributed by atoms with Gasteiger partial charge in [0, 0.05) is 11.1 Å². The van der Waals surface area contributed by atoms with Crippen LogP contribution >= 0.6 is 0 Å². The van der Waals surface area contributed by atoms with E-state index in [4.69, 9.17) is 5.73 Å². The summed E-state index contributed by atoms with van der Waals surface area (Å²) < 4.78 is 28.2. The number of hydrogen-bond donors (Lipinski definition) is 2. The number of nitrogens with two attached hydrogens (primary N) is 1. The highest BCUT2D eigenvalue weighted by Crippen LogP contribution is 2.37. The molecule has 106 valence electrons. The Morgan fingerprint density at radius 2 is 1.76 bits per heavy atom. The standard InChI is InChI=1S/C16H13F2N3/c1-9-6-7-11(13(18)8-9)15-14(16(19)21-20-15)10-4-2-3-5-12(10)17/h2-8H,1H3,(H3,19,20,21). The van der Waals surface area contributed by atoms with Crippen molar-refractivity contribution in [1.29, 1.82) is 0 Å². The molecule has 0 aliphatic heterocycles. The summed E-state index contributed by atoms with van der Waals surface area (Å²) in [6, 6.07) is 11.0. The van der Waals surface area contributed by atoms with Gasteiger partial charge in [-0.1, -0.05) is 24.3 Å². The fourth-order valence-electron chi connectivity index (χ4n) is 2.31. The van der Waals surface area contributed by atoms with Crippen LogP contribution in [0.25, 0.3) is 22.4 Å². The van der Waals surface area contributed by atoms with Crippen LogP contribution in [0.1, 0.15) is 5.56 Å². The molecule has 0 bridgehead atoms. The van der Waals surface area contributed by atoms with E-state index >= 15 is 0 Å². The van der Waals surface area contributed by atoms with Crippen molar-refractivity contribution in [2.75, 3.05) is 5.73 Å². The molecular formula is C16H13F2N3. The van der Waals surface area contributed by atoms with Crippen LogP contribution in [0.4, 0.5) is 14.6 Å². The van der Waals surface area contributed by atoms with E-state index in [0.717, 1.165) is 5.56 Å². The first-order valence-corrected chi connectivity index (χ1v) is 6.43. The van der Waals surface area contributed by atoms with Gasteiger partial charge in [0.05, 0.1) is 11.3 Å². The van der Waals surface area contributed by atoms with Gasteiger partial charge in [-0.3, -0.25) is 5.10 Å². The van der Waals surface area contributed by atoms with E-state index in [0.29, 0.717) is 22.4 Å². The van der Waals surface area contributed by atoms with Gasteiger partial charge in [0.2, 0.25) is 0 Å². The summed E-state index contributed by atoms with van der Waals surface area (Å²) in [5.74, 6) is -0.703. The SMILES string of the molecule is Cc1ccc(-c2[nH]nc(N)c2-c2ccccc2F)c(F)c1. The fourth-order valence-corrected chi connectivity index (χ4v) is 2.31. The Kier molecular flexibility index (Phi) is 3.17. The number of aryl methyl sites for hydroxylation is 1. The molecule has 2 aromatic carbocycles. The van der Waals surface area contributed by atoms with E-state index in [-0.39, 0.29) is 5.82 Å². The Labute approximate surface area is 120 Å². The molecule has 0 aliphatic carbocycles. The Morgan fingerprint density at radius 1 is 1.00 bits per heavy atom. The number of nitrogens with one attached hydrogen (secondary N) is 1. The maximum atomic E-state index is 14.2. The van der Waals surface area contributed by atoms with Crippen LogP contribution in [0.2, 0.25) is 0 Å². The van der Waals surface area contributed by atoms with Gasteiger partial charge >= 0.3 is 0 Å². The van der Waals surface area contributed by atoms with E-state index in [1.54, 1.807) is 37.3 Å². The second-order valence-electron chi connectivity index (χ2n) is 4.82. The molecule has 0 amide bonds. The summed E-state index contributed by atoms with van der Waals surface area (Å²) >= 11 is 0. The third-order valence-electron chi connectivity index (χ3n) is 3.33. The van der Waals surface area contributed by atoms with Crippen molar-refractivity contribution in [3.63, 3.8) is 0 Å². The lowest BCUT2D eigenvalue weighted by molar-refractivity contribution is 0.628. The van der Waals surface area contributed by atoms with E-state index in [1.165, 1.54) is 12.1 Å². The molecule has 21 heavy (non-hydrogen) atoms. The highest BCUT2D eigenvalue weighted by atomic mass is 19.1. The maximum absolute atomic E-state index is 14.2. The smallest absolute Gasteiger partial charge is 0.153 e. The molecule has 3 nitrogen and oxygen atoms in total. The molecular weight excluding hydrogens is 272 g/mol. The van der Waals surface area contributed by atoms with Crippen LogP contribution in [-0.4, -0.2) is 10.2 Å². The molecule has 3 N–H and O–H groups in total. The third-order valence-corrected chi connectivity index (χ3v) is 3.33. The minimum absolute atomic E-state index is 0.134. The van der Waals surface area contributed by atoms with Gasteiger partial charge in [-0.2, -0.15) is 5.10 Å². The molecule has 1 heterocycles. The highest BCUT2D eigenvalue weighted by molar-refractivity contribution is 5.88. The van der Waals surface area contributed by atoms with Crippen molar-refractivity contribution >= 4 is 5.82 Å². The molecule has 0 saturated carbocycles. The summed E-state index contributed by atoms with van der Waals surface area (Å²) in [6.07, 6.45) is 0. The maximum Gasteiger partial charge on any atom is 0.153 e. The van der Waals surface area contributed by atoms with Crippen LogP contribution in [0.5, 0.6) is 0 Å². The number of benzene rings is 2. The van der Waals surface area contributed by atoms with Gasteiger partial charge in [0.1, 0.15) is 11.6 Å². The molecule has 0 unspecified atom stereocenters. The second-order valence-corrected chi connectivity index (χ2v) is 4.82. The fraction of sp³-hybridized carbons (Fsp3) is 0.0625. The predicted molar refractivity (Wildman–Crippen MR) is 78.5 cm³/mol. The minimum Gasteiger partial charge on any atom is -0.382 e. The van der Waals surface area contributed by atoms with Crippen molar-refractivity contribution in [2.45, 2.75) is 6.92 Å². The minimum atomic E-state index is -0.431. The first-order chi connectivity index (χ1) is 10.1. The second kappa shape index (κ2) is 5.01. The van der Waals surface area contributed by atoms with E-state index in [1.807, 2.05) is 0 Å². The third kappa shape index (κ3) is 2.27. The summed E-state index contributed by atoms with van der Waals surface area (Å²) in [5, 5.41) is 6.59. The molecule has 0 saturated heterocycles. The summed E-state index contributed by atoms with van der Waals surface area (Å²) in [5.41, 5.74) is 7.97.